The summed E-state index contributed by atoms with van der Waals surface area (Å²) in [6.45, 7) is 3.45. The van der Waals surface area contributed by atoms with Crippen LogP contribution in [-0.4, -0.2) is 12.6 Å². The van der Waals surface area contributed by atoms with E-state index in [2.05, 4.69) is 18.3 Å². The highest BCUT2D eigenvalue weighted by Crippen LogP contribution is 2.30. The molecule has 0 saturated carbocycles. The molecular formula is C10H18N2. The summed E-state index contributed by atoms with van der Waals surface area (Å²) >= 11 is 0. The van der Waals surface area contributed by atoms with Gasteiger partial charge in [0, 0.05) is 11.7 Å². The molecule has 0 radical (unpaired) electrons. The molecular weight excluding hydrogens is 148 g/mol. The Bertz CT molecular complexity index is 198. The van der Waals surface area contributed by atoms with Crippen molar-refractivity contribution in [1.82, 2.24) is 5.32 Å². The zero-order chi connectivity index (χ0) is 8.55. The van der Waals surface area contributed by atoms with Gasteiger partial charge < -0.3 is 11.1 Å². The molecule has 12 heavy (non-hydrogen) atoms. The maximum Gasteiger partial charge on any atom is 0.0493 e. The molecule has 1 saturated heterocycles. The van der Waals surface area contributed by atoms with Crippen LogP contribution >= 0.6 is 0 Å². The molecule has 1 aliphatic carbocycles. The van der Waals surface area contributed by atoms with E-state index in [-0.39, 0.29) is 0 Å². The Morgan fingerprint density at radius 3 is 3.25 bits per heavy atom. The highest BCUT2D eigenvalue weighted by atomic mass is 15.0. The van der Waals surface area contributed by atoms with Crippen molar-refractivity contribution in [3.8, 4) is 0 Å². The molecule has 0 aromatic carbocycles. The SMILES string of the molecule is C[C@H]1CNC2C(N)=CCCC2C1. The fourth-order valence-corrected chi connectivity index (χ4v) is 2.50. The molecule has 0 spiro atoms. The lowest BCUT2D eigenvalue weighted by molar-refractivity contribution is 0.230. The van der Waals surface area contributed by atoms with Gasteiger partial charge in [0.05, 0.1) is 0 Å². The number of hydrogen-bond acceptors (Lipinski definition) is 2. The van der Waals surface area contributed by atoms with Gasteiger partial charge in [-0.15, -0.1) is 0 Å². The van der Waals surface area contributed by atoms with Crippen LogP contribution in [-0.2, 0) is 0 Å². The topological polar surface area (TPSA) is 38.0 Å². The van der Waals surface area contributed by atoms with Gasteiger partial charge in [-0.05, 0) is 37.6 Å². The summed E-state index contributed by atoms with van der Waals surface area (Å²) in [6.07, 6.45) is 6.04. The Labute approximate surface area is 74.2 Å². The van der Waals surface area contributed by atoms with Gasteiger partial charge >= 0.3 is 0 Å². The van der Waals surface area contributed by atoms with E-state index in [4.69, 9.17) is 5.73 Å². The number of nitrogens with one attached hydrogen (secondary N) is 1. The Kier molecular flexibility index (Phi) is 2.09. The molecule has 2 heteroatoms. The van der Waals surface area contributed by atoms with Crippen LogP contribution in [0.1, 0.15) is 26.2 Å². The van der Waals surface area contributed by atoms with Crippen LogP contribution < -0.4 is 11.1 Å². The average molecular weight is 166 g/mol. The standard InChI is InChI=1S/C10H18N2/c1-7-5-8-3-2-4-9(11)10(8)12-6-7/h4,7-8,10,12H,2-3,5-6,11H2,1H3/t7-,8?,10?/m1/s1. The lowest BCUT2D eigenvalue weighted by Crippen LogP contribution is -2.48. The second-order valence-electron chi connectivity index (χ2n) is 4.27. The largest absolute Gasteiger partial charge is 0.401 e. The van der Waals surface area contributed by atoms with Crippen LogP contribution in [0.4, 0.5) is 0 Å². The first-order chi connectivity index (χ1) is 5.77. The molecule has 2 nitrogen and oxygen atoms in total. The van der Waals surface area contributed by atoms with E-state index in [0.717, 1.165) is 24.1 Å². The Balaban J connectivity index is 2.08. The van der Waals surface area contributed by atoms with E-state index >= 15 is 0 Å². The van der Waals surface area contributed by atoms with Crippen molar-refractivity contribution in [2.24, 2.45) is 17.6 Å². The minimum atomic E-state index is 0.495. The van der Waals surface area contributed by atoms with Crippen molar-refractivity contribution in [3.05, 3.63) is 11.8 Å². The van der Waals surface area contributed by atoms with Gasteiger partial charge in [-0.1, -0.05) is 13.0 Å². The van der Waals surface area contributed by atoms with Crippen molar-refractivity contribution in [2.45, 2.75) is 32.2 Å². The lowest BCUT2D eigenvalue weighted by Gasteiger charge is -2.38. The first-order valence-electron chi connectivity index (χ1n) is 4.96. The van der Waals surface area contributed by atoms with E-state index in [1.807, 2.05) is 0 Å². The van der Waals surface area contributed by atoms with Gasteiger partial charge in [-0.3, -0.25) is 0 Å². The number of nitrogens with two attached hydrogens (primary N) is 1. The number of allylic oxidation sites excluding steroid dienone is 1. The predicted molar refractivity (Wildman–Crippen MR) is 50.6 cm³/mol. The molecule has 0 bridgehead atoms. The maximum absolute atomic E-state index is 5.93. The first-order valence-corrected chi connectivity index (χ1v) is 4.96. The van der Waals surface area contributed by atoms with Crippen LogP contribution in [0.25, 0.3) is 0 Å². The number of rotatable bonds is 0. The molecule has 2 unspecified atom stereocenters. The number of fused-ring (bicyclic) bond motifs is 1. The fraction of sp³-hybridized carbons (Fsp3) is 0.800. The third kappa shape index (κ3) is 1.36. The van der Waals surface area contributed by atoms with Crippen LogP contribution in [0.3, 0.4) is 0 Å². The van der Waals surface area contributed by atoms with Gasteiger partial charge in [-0.2, -0.15) is 0 Å². The quantitative estimate of drug-likeness (QED) is 0.568. The molecule has 68 valence electrons. The van der Waals surface area contributed by atoms with Crippen LogP contribution in [0.5, 0.6) is 0 Å². The number of piperidine rings is 1. The molecule has 3 atom stereocenters. The summed E-state index contributed by atoms with van der Waals surface area (Å²) in [5.74, 6) is 1.64. The maximum atomic E-state index is 5.93. The Hall–Kier alpha value is -0.500. The van der Waals surface area contributed by atoms with E-state index in [0.29, 0.717) is 6.04 Å². The zero-order valence-corrected chi connectivity index (χ0v) is 7.72. The van der Waals surface area contributed by atoms with Crippen molar-refractivity contribution < 1.29 is 0 Å². The van der Waals surface area contributed by atoms with Crippen molar-refractivity contribution in [3.63, 3.8) is 0 Å². The molecule has 1 heterocycles. The molecule has 0 amide bonds. The van der Waals surface area contributed by atoms with Crippen LogP contribution in [0.2, 0.25) is 0 Å². The fourth-order valence-electron chi connectivity index (χ4n) is 2.50. The van der Waals surface area contributed by atoms with E-state index in [1.165, 1.54) is 19.3 Å². The molecule has 1 fully saturated rings. The molecule has 0 aromatic rings. The van der Waals surface area contributed by atoms with Gasteiger partial charge in [-0.25, -0.2) is 0 Å². The first kappa shape index (κ1) is 8.11. The van der Waals surface area contributed by atoms with Gasteiger partial charge in [0.1, 0.15) is 0 Å². The molecule has 1 aliphatic heterocycles. The van der Waals surface area contributed by atoms with Crippen molar-refractivity contribution in [2.75, 3.05) is 6.54 Å². The summed E-state index contributed by atoms with van der Waals surface area (Å²) in [6, 6.07) is 0.495. The van der Waals surface area contributed by atoms with Gasteiger partial charge in [0.25, 0.3) is 0 Å². The van der Waals surface area contributed by atoms with Crippen LogP contribution in [0.15, 0.2) is 11.8 Å². The molecule has 2 aliphatic rings. The summed E-state index contributed by atoms with van der Waals surface area (Å²) in [4.78, 5) is 0. The highest BCUT2D eigenvalue weighted by Gasteiger charge is 2.31. The normalized spacial score (nSPS) is 41.8. The molecule has 2 rings (SSSR count). The summed E-state index contributed by atoms with van der Waals surface area (Å²) in [5.41, 5.74) is 7.02. The third-order valence-corrected chi connectivity index (χ3v) is 3.14. The second kappa shape index (κ2) is 3.09. The van der Waals surface area contributed by atoms with Crippen LogP contribution in [0, 0.1) is 11.8 Å². The summed E-state index contributed by atoms with van der Waals surface area (Å²) < 4.78 is 0. The minimum absolute atomic E-state index is 0.495. The lowest BCUT2D eigenvalue weighted by atomic mass is 9.78. The smallest absolute Gasteiger partial charge is 0.0493 e. The minimum Gasteiger partial charge on any atom is -0.401 e. The zero-order valence-electron chi connectivity index (χ0n) is 7.72. The predicted octanol–water partition coefficient (Wildman–Crippen LogP) is 1.24. The van der Waals surface area contributed by atoms with E-state index in [9.17, 15) is 0 Å². The Morgan fingerprint density at radius 1 is 1.58 bits per heavy atom. The Morgan fingerprint density at radius 2 is 2.42 bits per heavy atom. The molecule has 3 N–H and O–H groups in total. The molecule has 0 aromatic heterocycles. The monoisotopic (exact) mass is 166 g/mol. The van der Waals surface area contributed by atoms with Gasteiger partial charge in [0.15, 0.2) is 0 Å². The van der Waals surface area contributed by atoms with Crippen molar-refractivity contribution in [1.29, 1.82) is 0 Å². The summed E-state index contributed by atoms with van der Waals surface area (Å²) in [5, 5.41) is 3.53. The third-order valence-electron chi connectivity index (χ3n) is 3.14. The van der Waals surface area contributed by atoms with Gasteiger partial charge in [0.2, 0.25) is 0 Å². The second-order valence-corrected chi connectivity index (χ2v) is 4.27. The average Bonchev–Trinajstić information content (AvgIpc) is 2.04. The van der Waals surface area contributed by atoms with E-state index in [1.54, 1.807) is 0 Å². The number of hydrogen-bond donors (Lipinski definition) is 2. The summed E-state index contributed by atoms with van der Waals surface area (Å²) in [7, 11) is 0. The van der Waals surface area contributed by atoms with Crippen molar-refractivity contribution >= 4 is 0 Å². The van der Waals surface area contributed by atoms with E-state index < -0.39 is 0 Å². The highest BCUT2D eigenvalue weighted by molar-refractivity contribution is 5.13.